The Kier molecular flexibility index (Phi) is 8.55. The number of benzene rings is 3. The summed E-state index contributed by atoms with van der Waals surface area (Å²) in [5.41, 5.74) is 4.18. The van der Waals surface area contributed by atoms with Crippen molar-refractivity contribution in [1.82, 2.24) is 14.7 Å². The first-order chi connectivity index (χ1) is 17.4. The van der Waals surface area contributed by atoms with Crippen LogP contribution in [0.5, 0.6) is 0 Å². The molecule has 1 saturated heterocycles. The van der Waals surface area contributed by atoms with E-state index in [-0.39, 0.29) is 17.8 Å². The van der Waals surface area contributed by atoms with Crippen LogP contribution >= 0.6 is 0 Å². The van der Waals surface area contributed by atoms with Gasteiger partial charge in [0.2, 0.25) is 0 Å². The molecular weight excluding hydrogens is 449 g/mol. The molecule has 0 bridgehead atoms. The Hall–Kier alpha value is -3.02. The van der Waals surface area contributed by atoms with E-state index in [0.717, 1.165) is 30.8 Å². The number of piperazine rings is 1. The Labute approximate surface area is 215 Å². The van der Waals surface area contributed by atoms with Crippen molar-refractivity contribution in [1.29, 1.82) is 0 Å². The van der Waals surface area contributed by atoms with Crippen LogP contribution in [0.25, 0.3) is 0 Å². The van der Waals surface area contributed by atoms with Crippen LogP contribution in [0.2, 0.25) is 0 Å². The smallest absolute Gasteiger partial charge is 0.253 e. The molecule has 0 aromatic heterocycles. The molecule has 0 spiro atoms. The number of hydrogen-bond acceptors (Lipinski definition) is 3. The highest BCUT2D eigenvalue weighted by atomic mass is 19.1. The minimum atomic E-state index is -0.182. The van der Waals surface area contributed by atoms with Crippen molar-refractivity contribution < 1.29 is 9.18 Å². The highest BCUT2D eigenvalue weighted by molar-refractivity contribution is 5.94. The maximum absolute atomic E-state index is 13.8. The number of halogens is 1. The maximum Gasteiger partial charge on any atom is 0.253 e. The molecule has 3 aromatic carbocycles. The molecule has 3 atom stereocenters. The summed E-state index contributed by atoms with van der Waals surface area (Å²) in [5.74, 6) is -0.102. The second-order valence-corrected chi connectivity index (χ2v) is 9.87. The molecule has 1 aliphatic heterocycles. The fourth-order valence-corrected chi connectivity index (χ4v) is 5.39. The largest absolute Gasteiger partial charge is 0.339 e. The van der Waals surface area contributed by atoms with Gasteiger partial charge in [0.05, 0.1) is 6.04 Å². The lowest BCUT2D eigenvalue weighted by Gasteiger charge is -2.47. The van der Waals surface area contributed by atoms with Crippen LogP contribution in [0, 0.1) is 5.82 Å². The standard InChI is InChI=1S/C31H38FN3O/c1-5-33(6-2)31(36)28-17-15-27(16-18-28)30(26-12-8-7-9-13-26)35-21-23(3)34(20-24(35)4)22-25-11-10-14-29(32)19-25/h7-19,23-24,30H,5-6,20-22H2,1-4H3/t23-,24+,30?/m1/s1. The molecule has 1 heterocycles. The molecule has 4 nitrogen and oxygen atoms in total. The summed E-state index contributed by atoms with van der Waals surface area (Å²) in [5, 5.41) is 0. The van der Waals surface area contributed by atoms with Gasteiger partial charge in [-0.05, 0) is 68.7 Å². The van der Waals surface area contributed by atoms with E-state index in [1.165, 1.54) is 17.2 Å². The Balaban J connectivity index is 1.58. The topological polar surface area (TPSA) is 26.8 Å². The van der Waals surface area contributed by atoms with Crippen molar-refractivity contribution in [3.8, 4) is 0 Å². The molecule has 5 heteroatoms. The fourth-order valence-electron chi connectivity index (χ4n) is 5.39. The van der Waals surface area contributed by atoms with Gasteiger partial charge in [0.1, 0.15) is 5.82 Å². The number of hydrogen-bond donors (Lipinski definition) is 0. The second kappa shape index (κ2) is 11.8. The summed E-state index contributed by atoms with van der Waals surface area (Å²) in [7, 11) is 0. The lowest BCUT2D eigenvalue weighted by Crippen LogP contribution is -2.56. The zero-order chi connectivity index (χ0) is 25.7. The molecule has 1 aliphatic rings. The van der Waals surface area contributed by atoms with Gasteiger partial charge in [0, 0.05) is 50.4 Å². The molecule has 1 fully saturated rings. The van der Waals surface area contributed by atoms with E-state index in [4.69, 9.17) is 0 Å². The molecule has 190 valence electrons. The minimum Gasteiger partial charge on any atom is -0.339 e. The Bertz CT molecular complexity index is 1130. The van der Waals surface area contributed by atoms with Gasteiger partial charge < -0.3 is 4.90 Å². The lowest BCUT2D eigenvalue weighted by atomic mass is 9.92. The monoisotopic (exact) mass is 487 g/mol. The van der Waals surface area contributed by atoms with E-state index in [9.17, 15) is 9.18 Å². The van der Waals surface area contributed by atoms with Crippen molar-refractivity contribution in [3.63, 3.8) is 0 Å². The summed E-state index contributed by atoms with van der Waals surface area (Å²) in [4.78, 5) is 19.7. The van der Waals surface area contributed by atoms with E-state index in [2.05, 4.69) is 66.1 Å². The molecule has 3 aromatic rings. The van der Waals surface area contributed by atoms with Crippen LogP contribution in [0.1, 0.15) is 60.8 Å². The van der Waals surface area contributed by atoms with E-state index in [1.54, 1.807) is 12.1 Å². The number of nitrogens with zero attached hydrogens (tertiary/aromatic N) is 3. The van der Waals surface area contributed by atoms with Gasteiger partial charge >= 0.3 is 0 Å². The third kappa shape index (κ3) is 5.85. The predicted molar refractivity (Wildman–Crippen MR) is 144 cm³/mol. The maximum atomic E-state index is 13.8. The SMILES string of the molecule is CCN(CC)C(=O)c1ccc(C(c2ccccc2)N2C[C@@H](C)N(Cc3cccc(F)c3)C[C@@H]2C)cc1. The van der Waals surface area contributed by atoms with E-state index < -0.39 is 0 Å². The Morgan fingerprint density at radius 1 is 0.889 bits per heavy atom. The zero-order valence-corrected chi connectivity index (χ0v) is 21.9. The molecule has 0 aliphatic carbocycles. The highest BCUT2D eigenvalue weighted by Crippen LogP contribution is 2.34. The average Bonchev–Trinajstić information content (AvgIpc) is 2.89. The summed E-state index contributed by atoms with van der Waals surface area (Å²) < 4.78 is 13.8. The van der Waals surface area contributed by atoms with Crippen LogP contribution in [-0.4, -0.2) is 58.9 Å². The zero-order valence-electron chi connectivity index (χ0n) is 21.9. The second-order valence-electron chi connectivity index (χ2n) is 9.87. The summed E-state index contributed by atoms with van der Waals surface area (Å²) in [6.07, 6.45) is 0. The minimum absolute atomic E-state index is 0.0794. The van der Waals surface area contributed by atoms with Crippen molar-refractivity contribution in [2.45, 2.75) is 52.4 Å². The Morgan fingerprint density at radius 3 is 2.19 bits per heavy atom. The van der Waals surface area contributed by atoms with Crippen LogP contribution in [0.4, 0.5) is 4.39 Å². The van der Waals surface area contributed by atoms with Gasteiger partial charge in [0.15, 0.2) is 0 Å². The van der Waals surface area contributed by atoms with Crippen molar-refractivity contribution >= 4 is 5.91 Å². The molecule has 4 rings (SSSR count). The first-order valence-electron chi connectivity index (χ1n) is 13.1. The first kappa shape index (κ1) is 26.1. The summed E-state index contributed by atoms with van der Waals surface area (Å²) in [6, 6.07) is 26.4. The van der Waals surface area contributed by atoms with Gasteiger partial charge in [-0.1, -0.05) is 54.6 Å². The van der Waals surface area contributed by atoms with Crippen molar-refractivity contribution in [2.75, 3.05) is 26.2 Å². The summed E-state index contributed by atoms with van der Waals surface area (Å²) in [6.45, 7) is 12.5. The number of amides is 1. The molecule has 0 radical (unpaired) electrons. The molecule has 1 amide bonds. The van der Waals surface area contributed by atoms with Crippen molar-refractivity contribution in [2.24, 2.45) is 0 Å². The predicted octanol–water partition coefficient (Wildman–Crippen LogP) is 5.99. The van der Waals surface area contributed by atoms with Crippen LogP contribution in [0.3, 0.4) is 0 Å². The van der Waals surface area contributed by atoms with Crippen molar-refractivity contribution in [3.05, 3.63) is 107 Å². The van der Waals surface area contributed by atoms with Gasteiger partial charge in [-0.25, -0.2) is 4.39 Å². The molecule has 0 N–H and O–H groups in total. The lowest BCUT2D eigenvalue weighted by molar-refractivity contribution is 0.0195. The van der Waals surface area contributed by atoms with Crippen LogP contribution in [-0.2, 0) is 6.54 Å². The van der Waals surface area contributed by atoms with E-state index in [1.807, 2.05) is 36.9 Å². The van der Waals surface area contributed by atoms with E-state index >= 15 is 0 Å². The van der Waals surface area contributed by atoms with Gasteiger partial charge in [0.25, 0.3) is 5.91 Å². The number of carbonyl (C=O) groups is 1. The first-order valence-corrected chi connectivity index (χ1v) is 13.1. The van der Waals surface area contributed by atoms with Gasteiger partial charge in [-0.15, -0.1) is 0 Å². The normalized spacial score (nSPS) is 19.7. The quantitative estimate of drug-likeness (QED) is 0.390. The van der Waals surface area contributed by atoms with Gasteiger partial charge in [-0.2, -0.15) is 0 Å². The number of carbonyl (C=O) groups excluding carboxylic acids is 1. The van der Waals surface area contributed by atoms with E-state index in [0.29, 0.717) is 25.2 Å². The Morgan fingerprint density at radius 2 is 1.56 bits per heavy atom. The molecule has 36 heavy (non-hydrogen) atoms. The summed E-state index contributed by atoms with van der Waals surface area (Å²) >= 11 is 0. The third-order valence-corrected chi connectivity index (χ3v) is 7.41. The van der Waals surface area contributed by atoms with Crippen LogP contribution in [0.15, 0.2) is 78.9 Å². The third-order valence-electron chi connectivity index (χ3n) is 7.41. The number of rotatable bonds is 8. The van der Waals surface area contributed by atoms with Gasteiger partial charge in [-0.3, -0.25) is 14.6 Å². The van der Waals surface area contributed by atoms with Crippen LogP contribution < -0.4 is 0 Å². The molecule has 0 saturated carbocycles. The fraction of sp³-hybridized carbons (Fsp3) is 0.387. The molecular formula is C31H38FN3O. The average molecular weight is 488 g/mol. The molecule has 1 unspecified atom stereocenters. The highest BCUT2D eigenvalue weighted by Gasteiger charge is 2.34.